The molecule has 36 heavy (non-hydrogen) atoms. The first-order valence-electron chi connectivity index (χ1n) is 12.2. The number of imidazole rings is 1. The number of fused-ring (bicyclic) bond motifs is 2. The molecule has 11 nitrogen and oxygen atoms in total. The van der Waals surface area contributed by atoms with Gasteiger partial charge in [0.1, 0.15) is 12.1 Å². The Morgan fingerprint density at radius 3 is 2.67 bits per heavy atom. The van der Waals surface area contributed by atoms with E-state index in [0.29, 0.717) is 47.3 Å². The molecule has 0 radical (unpaired) electrons. The summed E-state index contributed by atoms with van der Waals surface area (Å²) in [4.78, 5) is 11.3. The molecule has 0 amide bonds. The molecule has 182 valence electrons. The van der Waals surface area contributed by atoms with E-state index in [1.807, 2.05) is 31.3 Å². The van der Waals surface area contributed by atoms with Crippen molar-refractivity contribution in [3.05, 3.63) is 41.9 Å². The summed E-state index contributed by atoms with van der Waals surface area (Å²) in [5.41, 5.74) is 3.28. The average molecular weight is 483 g/mol. The summed E-state index contributed by atoms with van der Waals surface area (Å²) >= 11 is 0. The second kappa shape index (κ2) is 9.11. The van der Waals surface area contributed by atoms with Crippen molar-refractivity contribution in [1.82, 2.24) is 29.0 Å². The molecule has 6 rings (SSSR count). The third-order valence-corrected chi connectivity index (χ3v) is 7.06. The Morgan fingerprint density at radius 2 is 1.97 bits per heavy atom. The third kappa shape index (κ3) is 3.79. The number of hydrogen-bond acceptors (Lipinski definition) is 9. The van der Waals surface area contributed by atoms with Gasteiger partial charge in [0.2, 0.25) is 5.95 Å². The van der Waals surface area contributed by atoms with E-state index in [2.05, 4.69) is 47.3 Å². The van der Waals surface area contributed by atoms with Gasteiger partial charge in [0.15, 0.2) is 17.2 Å². The molecule has 2 saturated heterocycles. The van der Waals surface area contributed by atoms with E-state index in [9.17, 15) is 10.5 Å². The number of nitriles is 2. The summed E-state index contributed by atoms with van der Waals surface area (Å²) in [5.74, 6) is 0.874. The molecular weight excluding hydrogens is 456 g/mol. The standard InChI is InChI=1S/C25H26N10O/c1-2-28-23-24-29-12-19(11-27)35(24)32-25(31-23)30-17-3-4-22-21(9-17)16(10-26)13-34(22)18-5-7-33(8-6-18)20-14-36-15-20/h3-4,9,12-13,18,20H,2,5-8,14-15H2,1H3,(H2,28,30,31,32). The van der Waals surface area contributed by atoms with Crippen molar-refractivity contribution < 1.29 is 4.74 Å². The number of hydrogen-bond donors (Lipinski definition) is 2. The van der Waals surface area contributed by atoms with Gasteiger partial charge in [-0.1, -0.05) is 0 Å². The van der Waals surface area contributed by atoms with Gasteiger partial charge in [-0.3, -0.25) is 4.90 Å². The lowest BCUT2D eigenvalue weighted by Gasteiger charge is -2.41. The maximum atomic E-state index is 9.85. The Balaban J connectivity index is 1.29. The molecule has 2 aliphatic heterocycles. The smallest absolute Gasteiger partial charge is 0.247 e. The largest absolute Gasteiger partial charge is 0.378 e. The molecule has 11 heteroatoms. The van der Waals surface area contributed by atoms with E-state index >= 15 is 0 Å². The van der Waals surface area contributed by atoms with Gasteiger partial charge >= 0.3 is 0 Å². The van der Waals surface area contributed by atoms with Crippen molar-refractivity contribution in [2.75, 3.05) is 43.5 Å². The zero-order valence-electron chi connectivity index (χ0n) is 20.0. The summed E-state index contributed by atoms with van der Waals surface area (Å²) in [7, 11) is 0. The van der Waals surface area contributed by atoms with Crippen LogP contribution in [-0.4, -0.2) is 67.9 Å². The molecule has 2 fully saturated rings. The first-order chi connectivity index (χ1) is 17.7. The normalized spacial score (nSPS) is 17.1. The fourth-order valence-electron chi connectivity index (χ4n) is 5.11. The van der Waals surface area contributed by atoms with Crippen LogP contribution in [0.1, 0.15) is 37.1 Å². The zero-order valence-corrected chi connectivity index (χ0v) is 20.0. The van der Waals surface area contributed by atoms with Crippen molar-refractivity contribution in [3.8, 4) is 12.1 Å². The topological polar surface area (TPSA) is 132 Å². The lowest BCUT2D eigenvalue weighted by atomic mass is 10.0. The minimum absolute atomic E-state index is 0.324. The lowest BCUT2D eigenvalue weighted by Crippen LogP contribution is -2.51. The molecule has 3 aromatic heterocycles. The monoisotopic (exact) mass is 482 g/mol. The van der Waals surface area contributed by atoms with Crippen LogP contribution >= 0.6 is 0 Å². The van der Waals surface area contributed by atoms with Crippen molar-refractivity contribution in [3.63, 3.8) is 0 Å². The fraction of sp³-hybridized carbons (Fsp3) is 0.400. The van der Waals surface area contributed by atoms with Gasteiger partial charge in [-0.05, 0) is 38.0 Å². The number of likely N-dealkylation sites (tertiary alicyclic amines) is 1. The van der Waals surface area contributed by atoms with E-state index in [1.54, 1.807) is 0 Å². The van der Waals surface area contributed by atoms with Crippen LogP contribution in [0.15, 0.2) is 30.6 Å². The molecule has 0 atom stereocenters. The maximum Gasteiger partial charge on any atom is 0.247 e. The third-order valence-electron chi connectivity index (χ3n) is 7.06. The summed E-state index contributed by atoms with van der Waals surface area (Å²) < 4.78 is 9.10. The van der Waals surface area contributed by atoms with Gasteiger partial charge < -0.3 is 19.9 Å². The Hall–Kier alpha value is -4.19. The summed E-state index contributed by atoms with van der Waals surface area (Å²) in [6.07, 6.45) is 5.57. The van der Waals surface area contributed by atoms with Crippen LogP contribution in [0.5, 0.6) is 0 Å². The van der Waals surface area contributed by atoms with E-state index in [0.717, 1.165) is 55.7 Å². The number of benzene rings is 1. The number of rotatable bonds is 6. The summed E-state index contributed by atoms with van der Waals surface area (Å²) in [6, 6.07) is 11.4. The van der Waals surface area contributed by atoms with Gasteiger partial charge in [-0.15, -0.1) is 5.10 Å². The van der Waals surface area contributed by atoms with Crippen LogP contribution < -0.4 is 10.6 Å². The van der Waals surface area contributed by atoms with Crippen LogP contribution in [0.2, 0.25) is 0 Å². The molecule has 0 bridgehead atoms. The molecule has 4 aromatic rings. The molecule has 2 N–H and O–H groups in total. The van der Waals surface area contributed by atoms with Crippen LogP contribution in [0.4, 0.5) is 17.5 Å². The van der Waals surface area contributed by atoms with Crippen molar-refractivity contribution in [1.29, 1.82) is 10.5 Å². The number of ether oxygens (including phenoxy) is 1. The van der Waals surface area contributed by atoms with Gasteiger partial charge in [0.25, 0.3) is 0 Å². The number of piperidine rings is 1. The predicted octanol–water partition coefficient (Wildman–Crippen LogP) is 3.03. The highest BCUT2D eigenvalue weighted by Gasteiger charge is 2.30. The minimum atomic E-state index is 0.324. The van der Waals surface area contributed by atoms with Gasteiger partial charge in [-0.25, -0.2) is 4.98 Å². The average Bonchev–Trinajstić information content (AvgIpc) is 3.45. The van der Waals surface area contributed by atoms with E-state index in [4.69, 9.17) is 4.74 Å². The van der Waals surface area contributed by atoms with Gasteiger partial charge in [0, 0.05) is 48.5 Å². The second-order valence-corrected chi connectivity index (χ2v) is 9.18. The molecular formula is C25H26N10O. The van der Waals surface area contributed by atoms with Gasteiger partial charge in [0.05, 0.1) is 31.0 Å². The van der Waals surface area contributed by atoms with Crippen LogP contribution in [0, 0.1) is 22.7 Å². The number of nitrogens with one attached hydrogen (secondary N) is 2. The Bertz CT molecular complexity index is 1510. The van der Waals surface area contributed by atoms with Gasteiger partial charge in [-0.2, -0.15) is 20.0 Å². The van der Waals surface area contributed by atoms with Crippen molar-refractivity contribution >= 4 is 34.0 Å². The molecule has 0 saturated carbocycles. The molecule has 0 aliphatic carbocycles. The molecule has 0 spiro atoms. The first kappa shape index (κ1) is 22.3. The van der Waals surface area contributed by atoms with Crippen LogP contribution in [0.3, 0.4) is 0 Å². The second-order valence-electron chi connectivity index (χ2n) is 9.18. The zero-order chi connectivity index (χ0) is 24.6. The highest BCUT2D eigenvalue weighted by Crippen LogP contribution is 2.33. The van der Waals surface area contributed by atoms with E-state index in [-0.39, 0.29) is 0 Å². The Kier molecular flexibility index (Phi) is 5.64. The highest BCUT2D eigenvalue weighted by atomic mass is 16.5. The maximum absolute atomic E-state index is 9.85. The Labute approximate surface area is 207 Å². The quantitative estimate of drug-likeness (QED) is 0.425. The number of anilines is 3. The summed E-state index contributed by atoms with van der Waals surface area (Å²) in [5, 5.41) is 31.0. The Morgan fingerprint density at radius 1 is 1.14 bits per heavy atom. The van der Waals surface area contributed by atoms with Crippen molar-refractivity contribution in [2.45, 2.75) is 31.8 Å². The molecule has 2 aliphatic rings. The van der Waals surface area contributed by atoms with E-state index in [1.165, 1.54) is 10.7 Å². The highest BCUT2D eigenvalue weighted by molar-refractivity contribution is 5.90. The molecule has 0 unspecified atom stereocenters. The number of aromatic nitrogens is 5. The molecule has 5 heterocycles. The number of nitrogens with zero attached hydrogens (tertiary/aromatic N) is 8. The predicted molar refractivity (Wildman–Crippen MR) is 134 cm³/mol. The summed E-state index contributed by atoms with van der Waals surface area (Å²) in [6.45, 7) is 6.40. The SMILES string of the molecule is CCNc1nc(Nc2ccc3c(c2)c(C#N)cn3C2CCN(C3COC3)CC2)nn2c(C#N)cnc12. The van der Waals surface area contributed by atoms with Crippen LogP contribution in [0.25, 0.3) is 16.6 Å². The van der Waals surface area contributed by atoms with Crippen LogP contribution in [-0.2, 0) is 4.74 Å². The first-order valence-corrected chi connectivity index (χ1v) is 12.2. The lowest BCUT2D eigenvalue weighted by molar-refractivity contribution is -0.0729. The van der Waals surface area contributed by atoms with Crippen molar-refractivity contribution in [2.24, 2.45) is 0 Å². The minimum Gasteiger partial charge on any atom is -0.378 e. The fourth-order valence-corrected chi connectivity index (χ4v) is 5.11. The molecule has 1 aromatic carbocycles. The van der Waals surface area contributed by atoms with E-state index < -0.39 is 0 Å².